The second kappa shape index (κ2) is 11.6. The van der Waals surface area contributed by atoms with E-state index in [0.717, 1.165) is 0 Å². The summed E-state index contributed by atoms with van der Waals surface area (Å²) in [6.45, 7) is 2.10. The molecule has 0 saturated heterocycles. The zero-order valence-corrected chi connectivity index (χ0v) is 12.5. The van der Waals surface area contributed by atoms with Crippen LogP contribution in [0, 0.1) is 0 Å². The molecule has 0 aliphatic heterocycles. The summed E-state index contributed by atoms with van der Waals surface area (Å²) in [5, 5.41) is 0. The average molecular weight is 248 g/mol. The first-order valence-electron chi connectivity index (χ1n) is 8.32. The van der Waals surface area contributed by atoms with Crippen molar-refractivity contribution in [1.82, 2.24) is 0 Å². The number of rotatable bonds is 0. The Labute approximate surface area is 115 Å². The van der Waals surface area contributed by atoms with Gasteiger partial charge in [-0.15, -0.1) is 5.73 Å². The van der Waals surface area contributed by atoms with Crippen molar-refractivity contribution in [3.63, 3.8) is 0 Å². The Hall–Kier alpha value is -0.480. The fourth-order valence-electron chi connectivity index (χ4n) is 2.92. The summed E-state index contributed by atoms with van der Waals surface area (Å²) < 4.78 is 0. The van der Waals surface area contributed by atoms with Crippen molar-refractivity contribution in [3.05, 3.63) is 17.4 Å². The SMILES string of the molecule is CC=C=C1CCCCCCCCCCCCCC1. The van der Waals surface area contributed by atoms with Crippen LogP contribution in [0.1, 0.15) is 96.8 Å². The molecule has 0 nitrogen and oxygen atoms in total. The molecule has 1 rings (SSSR count). The fourth-order valence-corrected chi connectivity index (χ4v) is 2.92. The summed E-state index contributed by atoms with van der Waals surface area (Å²) >= 11 is 0. The van der Waals surface area contributed by atoms with Crippen LogP contribution in [0.3, 0.4) is 0 Å². The summed E-state index contributed by atoms with van der Waals surface area (Å²) in [5.41, 5.74) is 5.04. The average Bonchev–Trinajstić information content (AvgIpc) is 2.39. The van der Waals surface area contributed by atoms with Crippen LogP contribution >= 0.6 is 0 Å². The van der Waals surface area contributed by atoms with Crippen molar-refractivity contribution in [1.29, 1.82) is 0 Å². The number of hydrogen-bond donors (Lipinski definition) is 0. The second-order valence-electron chi connectivity index (χ2n) is 5.78. The molecule has 0 aromatic rings. The van der Waals surface area contributed by atoms with Gasteiger partial charge in [-0.05, 0) is 44.3 Å². The molecule has 0 aromatic carbocycles. The van der Waals surface area contributed by atoms with Gasteiger partial charge in [-0.2, -0.15) is 0 Å². The van der Waals surface area contributed by atoms with Gasteiger partial charge in [-0.3, -0.25) is 0 Å². The van der Waals surface area contributed by atoms with Crippen molar-refractivity contribution >= 4 is 0 Å². The topological polar surface area (TPSA) is 0 Å². The lowest BCUT2D eigenvalue weighted by Crippen LogP contribution is -1.86. The van der Waals surface area contributed by atoms with Crippen LogP contribution in [0.2, 0.25) is 0 Å². The number of allylic oxidation sites excluding steroid dienone is 1. The fraction of sp³-hybridized carbons (Fsp3) is 0.833. The summed E-state index contributed by atoms with van der Waals surface area (Å²) in [6.07, 6.45) is 22.0. The van der Waals surface area contributed by atoms with E-state index in [2.05, 4.69) is 18.7 Å². The molecule has 0 heterocycles. The van der Waals surface area contributed by atoms with Gasteiger partial charge in [-0.1, -0.05) is 64.2 Å². The molecule has 1 aliphatic carbocycles. The van der Waals surface area contributed by atoms with Gasteiger partial charge in [0.1, 0.15) is 0 Å². The summed E-state index contributed by atoms with van der Waals surface area (Å²) in [5.74, 6) is 0. The molecule has 0 heteroatoms. The second-order valence-corrected chi connectivity index (χ2v) is 5.78. The molecular weight excluding hydrogens is 216 g/mol. The van der Waals surface area contributed by atoms with E-state index < -0.39 is 0 Å². The highest BCUT2D eigenvalue weighted by atomic mass is 14.1. The van der Waals surface area contributed by atoms with Crippen LogP contribution in [0.25, 0.3) is 0 Å². The van der Waals surface area contributed by atoms with Gasteiger partial charge < -0.3 is 0 Å². The molecule has 0 N–H and O–H groups in total. The monoisotopic (exact) mass is 248 g/mol. The van der Waals surface area contributed by atoms with Crippen LogP contribution < -0.4 is 0 Å². The summed E-state index contributed by atoms with van der Waals surface area (Å²) in [7, 11) is 0. The predicted molar refractivity (Wildman–Crippen MR) is 81.9 cm³/mol. The predicted octanol–water partition coefficient (Wildman–Crippen LogP) is 6.56. The highest BCUT2D eigenvalue weighted by Crippen LogP contribution is 2.19. The van der Waals surface area contributed by atoms with Gasteiger partial charge in [0.15, 0.2) is 0 Å². The first-order valence-corrected chi connectivity index (χ1v) is 8.32. The Morgan fingerprint density at radius 1 is 0.611 bits per heavy atom. The lowest BCUT2D eigenvalue weighted by molar-refractivity contribution is 0.548. The molecule has 18 heavy (non-hydrogen) atoms. The van der Waals surface area contributed by atoms with Crippen LogP contribution in [0.4, 0.5) is 0 Å². The minimum absolute atomic E-state index is 1.30. The van der Waals surface area contributed by atoms with Crippen molar-refractivity contribution in [2.24, 2.45) is 0 Å². The maximum atomic E-state index is 3.47. The van der Waals surface area contributed by atoms with E-state index in [9.17, 15) is 0 Å². The maximum absolute atomic E-state index is 3.47. The molecule has 0 unspecified atom stereocenters. The molecule has 0 aromatic heterocycles. The minimum atomic E-state index is 1.30. The molecular formula is C18H32. The van der Waals surface area contributed by atoms with Gasteiger partial charge in [0.2, 0.25) is 0 Å². The number of hydrogen-bond acceptors (Lipinski definition) is 0. The Bertz CT molecular complexity index is 225. The third kappa shape index (κ3) is 8.59. The quantitative estimate of drug-likeness (QED) is 0.426. The van der Waals surface area contributed by atoms with E-state index >= 15 is 0 Å². The largest absolute Gasteiger partial charge is 0.126 e. The summed E-state index contributed by atoms with van der Waals surface area (Å²) in [6, 6.07) is 0. The highest BCUT2D eigenvalue weighted by molar-refractivity contribution is 5.01. The van der Waals surface area contributed by atoms with E-state index in [1.54, 1.807) is 5.57 Å². The van der Waals surface area contributed by atoms with Gasteiger partial charge in [0.05, 0.1) is 0 Å². The van der Waals surface area contributed by atoms with E-state index in [1.165, 1.54) is 89.9 Å². The smallest absolute Gasteiger partial charge is 0.0244 e. The molecule has 0 radical (unpaired) electrons. The van der Waals surface area contributed by atoms with E-state index in [-0.39, 0.29) is 0 Å². The van der Waals surface area contributed by atoms with Crippen molar-refractivity contribution < 1.29 is 0 Å². The van der Waals surface area contributed by atoms with Crippen molar-refractivity contribution in [2.75, 3.05) is 0 Å². The Morgan fingerprint density at radius 2 is 0.944 bits per heavy atom. The van der Waals surface area contributed by atoms with Gasteiger partial charge in [0, 0.05) is 0 Å². The van der Waals surface area contributed by atoms with Crippen LogP contribution in [-0.2, 0) is 0 Å². The first kappa shape index (κ1) is 15.6. The van der Waals surface area contributed by atoms with Crippen LogP contribution in [0.15, 0.2) is 17.4 Å². The molecule has 0 spiro atoms. The highest BCUT2D eigenvalue weighted by Gasteiger charge is 2.00. The van der Waals surface area contributed by atoms with Crippen LogP contribution in [-0.4, -0.2) is 0 Å². The van der Waals surface area contributed by atoms with E-state index in [1.807, 2.05) is 0 Å². The standard InChI is InChI=1S/C18H32/c1-2-15-18-16-13-11-9-7-5-3-4-6-8-10-12-14-17-18/h2H,3-14,16-17H2,1H3. The van der Waals surface area contributed by atoms with Gasteiger partial charge >= 0.3 is 0 Å². The van der Waals surface area contributed by atoms with Crippen molar-refractivity contribution in [2.45, 2.75) is 96.8 Å². The van der Waals surface area contributed by atoms with Crippen LogP contribution in [0.5, 0.6) is 0 Å². The molecule has 0 amide bonds. The molecule has 0 bridgehead atoms. The first-order chi connectivity index (χ1) is 8.93. The zero-order valence-electron chi connectivity index (χ0n) is 12.5. The molecule has 1 aliphatic rings. The summed E-state index contributed by atoms with van der Waals surface area (Å²) in [4.78, 5) is 0. The minimum Gasteiger partial charge on any atom is -0.126 e. The lowest BCUT2D eigenvalue weighted by Gasteiger charge is -2.05. The lowest BCUT2D eigenvalue weighted by atomic mass is 10.0. The molecule has 1 saturated carbocycles. The molecule has 1 fully saturated rings. The Kier molecular flexibility index (Phi) is 10.0. The third-order valence-electron chi connectivity index (χ3n) is 4.06. The third-order valence-corrected chi connectivity index (χ3v) is 4.06. The normalized spacial score (nSPS) is 21.5. The van der Waals surface area contributed by atoms with E-state index in [4.69, 9.17) is 0 Å². The van der Waals surface area contributed by atoms with Gasteiger partial charge in [-0.25, -0.2) is 0 Å². The maximum Gasteiger partial charge on any atom is -0.0244 e. The van der Waals surface area contributed by atoms with Crippen molar-refractivity contribution in [3.8, 4) is 0 Å². The Balaban J connectivity index is 2.31. The van der Waals surface area contributed by atoms with Gasteiger partial charge in [0.25, 0.3) is 0 Å². The molecule has 0 atom stereocenters. The zero-order chi connectivity index (χ0) is 12.9. The van der Waals surface area contributed by atoms with E-state index in [0.29, 0.717) is 0 Å². The Morgan fingerprint density at radius 3 is 1.28 bits per heavy atom. The molecule has 104 valence electrons.